The van der Waals surface area contributed by atoms with E-state index < -0.39 is 42.7 Å². The quantitative estimate of drug-likeness (QED) is 0.0297. The van der Waals surface area contributed by atoms with Crippen molar-refractivity contribution in [1.82, 2.24) is 0 Å². The second-order valence-corrected chi connectivity index (χ2v) is 16.2. The Labute approximate surface area is 318 Å². The van der Waals surface area contributed by atoms with Crippen LogP contribution in [0.1, 0.15) is 168 Å². The van der Waals surface area contributed by atoms with E-state index in [1.807, 2.05) is 24.3 Å². The van der Waals surface area contributed by atoms with Crippen LogP contribution in [0.3, 0.4) is 0 Å². The molecule has 0 radical (unpaired) electrons. The van der Waals surface area contributed by atoms with E-state index >= 15 is 0 Å². The Bertz CT molecular complexity index is 1040. The fourth-order valence-corrected chi connectivity index (χ4v) is 6.67. The van der Waals surface area contributed by atoms with Gasteiger partial charge in [-0.05, 0) is 64.2 Å². The molecule has 0 aliphatic rings. The number of hydrogen-bond donors (Lipinski definition) is 4. The first-order valence-electron chi connectivity index (χ1n) is 18.6. The monoisotopic (exact) mass is 812 g/mol. The summed E-state index contributed by atoms with van der Waals surface area (Å²) in [5, 5.41) is 37.3. The third-order valence-electron chi connectivity index (χ3n) is 8.35. The zero-order valence-corrected chi connectivity index (χ0v) is 33.4. The molecule has 51 heavy (non-hydrogen) atoms. The number of carboxylic acids is 2. The van der Waals surface area contributed by atoms with Gasteiger partial charge < -0.3 is 30.0 Å². The second-order valence-electron chi connectivity index (χ2n) is 13.0. The van der Waals surface area contributed by atoms with Crippen LogP contribution in [0.4, 0.5) is 0 Å². The second kappa shape index (κ2) is 34.4. The first kappa shape index (κ1) is 54.0. The molecule has 0 aromatic heterocycles. The summed E-state index contributed by atoms with van der Waals surface area (Å²) < 4.78 is 61.1. The van der Waals surface area contributed by atoms with E-state index in [2.05, 4.69) is 13.8 Å². The van der Waals surface area contributed by atoms with Crippen molar-refractivity contribution in [2.45, 2.75) is 191 Å². The van der Waals surface area contributed by atoms with Crippen molar-refractivity contribution in [3.63, 3.8) is 0 Å². The Morgan fingerprint density at radius 3 is 1.10 bits per heavy atom. The fourth-order valence-electron chi connectivity index (χ4n) is 5.26. The molecule has 0 spiro atoms. The molecule has 0 amide bonds. The van der Waals surface area contributed by atoms with E-state index in [0.29, 0.717) is 38.5 Å². The summed E-state index contributed by atoms with van der Waals surface area (Å²) in [6.45, 7) is 4.32. The number of carbonyl (C=O) groups excluding carboxylic acids is 2. The molecular formula is C36H66NiO12S2. The number of hydrogen-bond acceptors (Lipinski definition) is 10. The molecule has 0 saturated carbocycles. The van der Waals surface area contributed by atoms with Gasteiger partial charge in [0.05, 0.1) is 24.1 Å². The molecule has 0 aromatic carbocycles. The van der Waals surface area contributed by atoms with Crippen LogP contribution in [0.5, 0.6) is 0 Å². The maximum atomic E-state index is 10.9. The molecule has 0 rings (SSSR count). The van der Waals surface area contributed by atoms with Crippen molar-refractivity contribution in [2.75, 3.05) is 0 Å². The summed E-state index contributed by atoms with van der Waals surface area (Å²) in [5.41, 5.74) is 0. The number of allylic oxidation sites excluding steroid dienone is 2. The summed E-state index contributed by atoms with van der Waals surface area (Å²) in [4.78, 5) is 21.3. The molecule has 4 atom stereocenters. The molecule has 15 heteroatoms. The number of unbranched alkanes of at least 4 members (excludes halogenated alkanes) is 14. The van der Waals surface area contributed by atoms with Crippen LogP contribution in [0.25, 0.3) is 0 Å². The Morgan fingerprint density at radius 1 is 0.510 bits per heavy atom. The molecule has 0 fully saturated rings. The number of carboxylic acid groups (broad SMARTS) is 2. The first-order valence-corrected chi connectivity index (χ1v) is 21.6. The third-order valence-corrected chi connectivity index (χ3v) is 10.6. The van der Waals surface area contributed by atoms with E-state index in [1.54, 1.807) is 0 Å². The average molecular weight is 814 g/mol. The molecule has 304 valence electrons. The van der Waals surface area contributed by atoms with Crippen LogP contribution in [0, 0.1) is 0 Å². The molecule has 0 aliphatic heterocycles. The normalized spacial score (nSPS) is 14.4. The van der Waals surface area contributed by atoms with E-state index in [0.717, 1.165) is 64.2 Å². The van der Waals surface area contributed by atoms with E-state index in [9.17, 15) is 46.9 Å². The summed E-state index contributed by atoms with van der Waals surface area (Å²) in [5.74, 6) is -3.50. The predicted molar refractivity (Wildman–Crippen MR) is 193 cm³/mol. The van der Waals surface area contributed by atoms with Crippen molar-refractivity contribution in [1.29, 1.82) is 0 Å². The third kappa shape index (κ3) is 35.5. The van der Waals surface area contributed by atoms with Crippen molar-refractivity contribution in [3.05, 3.63) is 24.3 Å². The van der Waals surface area contributed by atoms with Gasteiger partial charge in [-0.1, -0.05) is 128 Å². The Kier molecular flexibility index (Phi) is 36.4. The Hall–Kier alpha value is -1.35. The minimum atomic E-state index is -4.58. The first-order chi connectivity index (χ1) is 23.6. The zero-order chi connectivity index (χ0) is 38.3. The van der Waals surface area contributed by atoms with Gasteiger partial charge in [0.25, 0.3) is 20.2 Å². The number of aliphatic hydroxyl groups excluding tert-OH is 2. The van der Waals surface area contributed by atoms with Gasteiger partial charge in [0.15, 0.2) is 0 Å². The van der Waals surface area contributed by atoms with Crippen LogP contribution in [-0.4, -0.2) is 70.8 Å². The summed E-state index contributed by atoms with van der Waals surface area (Å²) in [6.07, 6.45) is 27.2. The minimum Gasteiger partial charge on any atom is -0.549 e. The predicted octanol–water partition coefficient (Wildman–Crippen LogP) is 5.22. The van der Waals surface area contributed by atoms with Crippen LogP contribution < -0.4 is 10.2 Å². The molecule has 0 aliphatic carbocycles. The maximum Gasteiger partial charge on any atom is 2.00 e. The summed E-state index contributed by atoms with van der Waals surface area (Å²) >= 11 is 0. The summed E-state index contributed by atoms with van der Waals surface area (Å²) in [7, 11) is -9.17. The molecule has 2 unspecified atom stereocenters. The molecule has 0 aromatic rings. The Morgan fingerprint density at radius 2 is 0.804 bits per heavy atom. The van der Waals surface area contributed by atoms with Crippen molar-refractivity contribution in [2.24, 2.45) is 0 Å². The SMILES string of the molecule is CCCCCC[C@@H](O)C/C=C\CCCCCCC(C(=O)[O-])S(=O)(=O)O.CCCCCC[C@@H](O)C/C=C\CCCCCCC(C(=O)[O-])S(=O)(=O)O.[Ni+2]. The van der Waals surface area contributed by atoms with Crippen LogP contribution in [0.15, 0.2) is 24.3 Å². The van der Waals surface area contributed by atoms with E-state index in [4.69, 9.17) is 9.11 Å². The number of carbonyl (C=O) groups is 2. The summed E-state index contributed by atoms with van der Waals surface area (Å²) in [6, 6.07) is 0. The minimum absolute atomic E-state index is 0. The topological polar surface area (TPSA) is 229 Å². The van der Waals surface area contributed by atoms with Gasteiger partial charge in [0, 0.05) is 0 Å². The maximum absolute atomic E-state index is 10.9. The van der Waals surface area contributed by atoms with Gasteiger partial charge in [-0.3, -0.25) is 9.11 Å². The molecule has 0 heterocycles. The van der Waals surface area contributed by atoms with Crippen molar-refractivity contribution < 1.29 is 72.4 Å². The van der Waals surface area contributed by atoms with Gasteiger partial charge in [0.1, 0.15) is 10.5 Å². The zero-order valence-electron chi connectivity index (χ0n) is 30.8. The Balaban J connectivity index is -0.000000886. The number of aliphatic carboxylic acids is 2. The molecule has 0 saturated heterocycles. The van der Waals surface area contributed by atoms with E-state index in [-0.39, 0.29) is 41.5 Å². The van der Waals surface area contributed by atoms with Crippen LogP contribution in [-0.2, 0) is 46.3 Å². The van der Waals surface area contributed by atoms with Gasteiger partial charge in [0.2, 0.25) is 0 Å². The van der Waals surface area contributed by atoms with Gasteiger partial charge in [-0.2, -0.15) is 16.8 Å². The van der Waals surface area contributed by atoms with Gasteiger partial charge >= 0.3 is 16.5 Å². The average Bonchev–Trinajstić information content (AvgIpc) is 3.02. The van der Waals surface area contributed by atoms with E-state index in [1.165, 1.54) is 38.5 Å². The van der Waals surface area contributed by atoms with Crippen molar-refractivity contribution in [3.8, 4) is 0 Å². The fraction of sp³-hybridized carbons (Fsp3) is 0.833. The van der Waals surface area contributed by atoms with Crippen LogP contribution >= 0.6 is 0 Å². The molecule has 4 N–H and O–H groups in total. The standard InChI is InChI=1S/2C18H34O6S.Ni/c2*1-2-3-4-10-13-16(19)14-11-8-6-5-7-9-12-15-17(18(20)21)25(22,23)24;/h2*8,11,16-17,19H,2-7,9-10,12-15H2,1H3,(H,20,21)(H,22,23,24);/q;;+2/p-2/b2*11-8-;/t2*16-,17?;/m11./s1. The largest absolute Gasteiger partial charge is 2.00 e. The van der Waals surface area contributed by atoms with Crippen molar-refractivity contribution >= 4 is 32.2 Å². The van der Waals surface area contributed by atoms with Gasteiger partial charge in [-0.15, -0.1) is 0 Å². The molecule has 12 nitrogen and oxygen atoms in total. The number of aliphatic hydroxyl groups is 2. The van der Waals surface area contributed by atoms with Crippen LogP contribution in [0.2, 0.25) is 0 Å². The molecular weight excluding hydrogens is 747 g/mol. The van der Waals surface area contributed by atoms with Gasteiger partial charge in [-0.25, -0.2) is 0 Å². The smallest absolute Gasteiger partial charge is 0.549 e. The number of rotatable bonds is 32. The molecule has 0 bridgehead atoms.